The molecule has 4 aromatic heterocycles. The minimum atomic E-state index is -0.581. The molecular formula is C35H41FN10O3. The monoisotopic (exact) mass is 668 g/mol. The van der Waals surface area contributed by atoms with Crippen molar-refractivity contribution in [2.75, 3.05) is 51.8 Å². The van der Waals surface area contributed by atoms with Gasteiger partial charge < -0.3 is 10.1 Å². The van der Waals surface area contributed by atoms with Gasteiger partial charge in [-0.15, -0.1) is 0 Å². The Morgan fingerprint density at radius 2 is 1.92 bits per heavy atom. The van der Waals surface area contributed by atoms with Gasteiger partial charge in [0.05, 0.1) is 23.7 Å². The van der Waals surface area contributed by atoms with Crippen molar-refractivity contribution in [1.82, 2.24) is 44.8 Å². The molecule has 2 aliphatic rings. The maximum absolute atomic E-state index is 14.0. The van der Waals surface area contributed by atoms with Crippen molar-refractivity contribution in [3.63, 3.8) is 0 Å². The van der Waals surface area contributed by atoms with Crippen molar-refractivity contribution in [2.24, 2.45) is 13.0 Å². The summed E-state index contributed by atoms with van der Waals surface area (Å²) in [6.07, 6.45) is 5.20. The lowest BCUT2D eigenvalue weighted by molar-refractivity contribution is -0.155. The van der Waals surface area contributed by atoms with E-state index in [0.717, 1.165) is 53.2 Å². The van der Waals surface area contributed by atoms with Crippen molar-refractivity contribution in [1.29, 1.82) is 0 Å². The number of ether oxygens (including phenoxy) is 1. The van der Waals surface area contributed by atoms with E-state index in [1.54, 1.807) is 22.9 Å². The normalized spacial score (nSPS) is 18.4. The van der Waals surface area contributed by atoms with E-state index in [4.69, 9.17) is 24.8 Å². The maximum Gasteiger partial charge on any atom is 0.320 e. The number of aromatic nitrogens is 6. The predicted octanol–water partition coefficient (Wildman–Crippen LogP) is 4.63. The molecule has 13 nitrogen and oxygen atoms in total. The number of anilines is 1. The molecule has 49 heavy (non-hydrogen) atoms. The molecule has 1 aromatic carbocycles. The number of pyridine rings is 2. The Bertz CT molecular complexity index is 1920. The van der Waals surface area contributed by atoms with Crippen LogP contribution >= 0.6 is 0 Å². The highest BCUT2D eigenvalue weighted by molar-refractivity contribution is 5.91. The van der Waals surface area contributed by atoms with E-state index in [1.165, 1.54) is 25.1 Å². The Kier molecular flexibility index (Phi) is 9.62. The summed E-state index contributed by atoms with van der Waals surface area (Å²) in [5.74, 6) is -0.186. The van der Waals surface area contributed by atoms with Gasteiger partial charge in [-0.25, -0.2) is 19.4 Å². The highest BCUT2D eigenvalue weighted by Gasteiger charge is 2.36. The van der Waals surface area contributed by atoms with Gasteiger partial charge in [-0.05, 0) is 68.8 Å². The lowest BCUT2D eigenvalue weighted by Gasteiger charge is -2.18. The van der Waals surface area contributed by atoms with Crippen molar-refractivity contribution in [2.45, 2.75) is 32.4 Å². The minimum Gasteiger partial charge on any atom is -0.383 e. The smallest absolute Gasteiger partial charge is 0.320 e. The van der Waals surface area contributed by atoms with Gasteiger partial charge in [0.1, 0.15) is 11.9 Å². The summed E-state index contributed by atoms with van der Waals surface area (Å²) in [6.45, 7) is 6.72. The summed E-state index contributed by atoms with van der Waals surface area (Å²) < 4.78 is 22.8. The van der Waals surface area contributed by atoms with Gasteiger partial charge >= 0.3 is 6.03 Å². The number of methoxy groups -OCH3 is 1. The first-order valence-electron chi connectivity index (χ1n) is 16.6. The molecule has 0 spiro atoms. The fourth-order valence-corrected chi connectivity index (χ4v) is 6.74. The third-order valence-corrected chi connectivity index (χ3v) is 9.23. The Balaban J connectivity index is 1.14. The molecule has 0 aliphatic carbocycles. The second kappa shape index (κ2) is 14.4. The molecule has 6 heterocycles. The number of nitrogens with one attached hydrogen (secondary N) is 2. The van der Waals surface area contributed by atoms with Gasteiger partial charge in [0.15, 0.2) is 5.65 Å². The van der Waals surface area contributed by atoms with Crippen LogP contribution in [0, 0.1) is 18.8 Å². The average Bonchev–Trinajstić information content (AvgIpc) is 3.91. The number of hydrogen-bond acceptors (Lipinski definition) is 9. The first-order chi connectivity index (χ1) is 23.9. The fourth-order valence-electron chi connectivity index (χ4n) is 6.74. The fraction of sp³-hybridized carbons (Fsp3) is 0.400. The van der Waals surface area contributed by atoms with Crippen molar-refractivity contribution in [3.05, 3.63) is 83.7 Å². The molecule has 2 N–H and O–H groups in total. The number of carbonyl (C=O) groups is 1. The van der Waals surface area contributed by atoms with Crippen LogP contribution in [-0.2, 0) is 23.2 Å². The van der Waals surface area contributed by atoms with Gasteiger partial charge in [-0.2, -0.15) is 19.7 Å². The van der Waals surface area contributed by atoms with E-state index >= 15 is 0 Å². The molecule has 7 rings (SSSR count). The van der Waals surface area contributed by atoms with Gasteiger partial charge in [0.25, 0.3) is 0 Å². The van der Waals surface area contributed by atoms with Crippen LogP contribution in [-0.4, -0.2) is 92.0 Å². The predicted molar refractivity (Wildman–Crippen MR) is 182 cm³/mol. The summed E-state index contributed by atoms with van der Waals surface area (Å²) in [7, 11) is 3.55. The van der Waals surface area contributed by atoms with E-state index in [0.29, 0.717) is 36.8 Å². The third kappa shape index (κ3) is 7.04. The number of rotatable bonds is 11. The topological polar surface area (TPSA) is 127 Å². The molecule has 2 aliphatic heterocycles. The molecule has 5 aromatic rings. The van der Waals surface area contributed by atoms with Gasteiger partial charge in [0, 0.05) is 75.2 Å². The molecule has 14 heteroatoms. The minimum absolute atomic E-state index is 0.146. The summed E-state index contributed by atoms with van der Waals surface area (Å²) in [5.41, 5.74) is 5.62. The van der Waals surface area contributed by atoms with E-state index < -0.39 is 18.1 Å². The molecular weight excluding hydrogens is 627 g/mol. The number of aryl methyl sites for hydroxylation is 1. The van der Waals surface area contributed by atoms with Crippen LogP contribution in [0.2, 0.25) is 0 Å². The SMILES string of the molecule is COCCN1C[C@@H](CNC(=O)Nc2c(C)c(-c3cnc4c(c3)c(CN3CCCC3)nn4C)nn2-c2ccccc2)[C@H](c2ccnc(F)c2)O1. The maximum atomic E-state index is 14.0. The first kappa shape index (κ1) is 32.8. The first-order valence-corrected chi connectivity index (χ1v) is 16.6. The van der Waals surface area contributed by atoms with E-state index in [2.05, 4.69) is 26.6 Å². The molecule has 0 unspecified atom stereocenters. The quantitative estimate of drug-likeness (QED) is 0.194. The molecule has 2 fully saturated rings. The van der Waals surface area contributed by atoms with Gasteiger partial charge in [0.2, 0.25) is 5.95 Å². The Hall–Kier alpha value is -4.76. The van der Waals surface area contributed by atoms with Crippen LogP contribution in [0.4, 0.5) is 15.0 Å². The molecule has 0 saturated carbocycles. The van der Waals surface area contributed by atoms with Gasteiger partial charge in [-0.1, -0.05) is 18.2 Å². The van der Waals surface area contributed by atoms with E-state index in [1.807, 2.05) is 55.2 Å². The van der Waals surface area contributed by atoms with Crippen molar-refractivity contribution in [3.8, 4) is 16.9 Å². The standard InChI is InChI=1S/C35H41FN10O3/c1-23-31(25-17-28-29(22-44-13-7-8-14-44)41-43(2)34(28)38-19-25)42-46(27-9-5-4-6-10-27)33(23)40-35(47)39-20-26-21-45(15-16-48-3)49-32(26)24-11-12-37-30(36)18-24/h4-6,9-12,17-19,26,32H,7-8,13-16,20-22H2,1-3H3,(H2,39,40,47)/t26-,32+/m1/s1. The number of amides is 2. The largest absolute Gasteiger partial charge is 0.383 e. The number of halogens is 1. The number of benzene rings is 1. The van der Waals surface area contributed by atoms with Crippen molar-refractivity contribution < 1.29 is 18.8 Å². The molecule has 2 atom stereocenters. The number of likely N-dealkylation sites (tertiary alicyclic amines) is 1. The summed E-state index contributed by atoms with van der Waals surface area (Å²) >= 11 is 0. The lowest BCUT2D eigenvalue weighted by Crippen LogP contribution is -2.36. The van der Waals surface area contributed by atoms with Crippen LogP contribution in [0.1, 0.15) is 35.8 Å². The second-order valence-electron chi connectivity index (χ2n) is 12.6. The Morgan fingerprint density at radius 3 is 2.69 bits per heavy atom. The number of nitrogens with zero attached hydrogens (tertiary/aromatic N) is 8. The summed E-state index contributed by atoms with van der Waals surface area (Å²) in [4.78, 5) is 30.6. The van der Waals surface area contributed by atoms with E-state index in [9.17, 15) is 9.18 Å². The third-order valence-electron chi connectivity index (χ3n) is 9.23. The Morgan fingerprint density at radius 1 is 1.10 bits per heavy atom. The molecule has 2 amide bonds. The van der Waals surface area contributed by atoms with Crippen LogP contribution in [0.25, 0.3) is 28.0 Å². The van der Waals surface area contributed by atoms with E-state index in [-0.39, 0.29) is 12.5 Å². The number of para-hydroxylation sites is 1. The van der Waals surface area contributed by atoms with Crippen molar-refractivity contribution >= 4 is 22.9 Å². The molecule has 256 valence electrons. The average molecular weight is 669 g/mol. The zero-order valence-electron chi connectivity index (χ0n) is 28.0. The van der Waals surface area contributed by atoms with Crippen LogP contribution in [0.5, 0.6) is 0 Å². The Labute approximate surface area is 284 Å². The highest BCUT2D eigenvalue weighted by Crippen LogP contribution is 2.35. The molecule has 0 bridgehead atoms. The zero-order valence-corrected chi connectivity index (χ0v) is 28.0. The zero-order chi connectivity index (χ0) is 33.9. The molecule has 0 radical (unpaired) electrons. The lowest BCUT2D eigenvalue weighted by atomic mass is 9.97. The summed E-state index contributed by atoms with van der Waals surface area (Å²) in [6, 6.07) is 14.5. The second-order valence-corrected chi connectivity index (χ2v) is 12.6. The van der Waals surface area contributed by atoms with Crippen LogP contribution in [0.15, 0.2) is 60.9 Å². The van der Waals surface area contributed by atoms with Crippen LogP contribution < -0.4 is 10.6 Å². The number of fused-ring (bicyclic) bond motifs is 1. The highest BCUT2D eigenvalue weighted by atomic mass is 19.1. The molecule has 2 saturated heterocycles. The number of hydrogen-bond donors (Lipinski definition) is 2. The number of carbonyl (C=O) groups excluding carboxylic acids is 1. The van der Waals surface area contributed by atoms with Gasteiger partial charge in [-0.3, -0.25) is 19.7 Å². The number of urea groups is 1. The summed E-state index contributed by atoms with van der Waals surface area (Å²) in [5, 5.41) is 18.7. The van der Waals surface area contributed by atoms with Crippen LogP contribution in [0.3, 0.4) is 0 Å². The number of hydroxylamine groups is 2.